The molecule has 0 saturated heterocycles. The summed E-state index contributed by atoms with van der Waals surface area (Å²) in [4.78, 5) is 11.0. The maximum atomic E-state index is 12.1. The van der Waals surface area contributed by atoms with Crippen LogP contribution in [0.5, 0.6) is 5.75 Å². The molecule has 16 heavy (non-hydrogen) atoms. The van der Waals surface area contributed by atoms with Gasteiger partial charge in [-0.15, -0.1) is 0 Å². The van der Waals surface area contributed by atoms with Crippen LogP contribution in [0, 0.1) is 0 Å². The highest BCUT2D eigenvalue weighted by molar-refractivity contribution is 6.32. The molecule has 0 aliphatic heterocycles. The van der Waals surface area contributed by atoms with Crippen LogP contribution in [0.25, 0.3) is 0 Å². The van der Waals surface area contributed by atoms with Gasteiger partial charge in [-0.05, 0) is 6.07 Å². The summed E-state index contributed by atoms with van der Waals surface area (Å²) >= 11 is 5.69. The number of hydrogen-bond donors (Lipinski definition) is 0. The summed E-state index contributed by atoms with van der Waals surface area (Å²) in [5.41, 5.74) is 0.264. The minimum atomic E-state index is -2.99. The molecule has 0 aromatic heterocycles. The molecule has 0 heterocycles. The largest absolute Gasteiger partial charge is 0.469 e. The zero-order valence-corrected chi connectivity index (χ0v) is 9.13. The molecule has 6 heteroatoms. The van der Waals surface area contributed by atoms with Gasteiger partial charge in [0, 0.05) is 5.56 Å². The summed E-state index contributed by atoms with van der Waals surface area (Å²) in [7, 11) is 1.21. The fourth-order valence-corrected chi connectivity index (χ4v) is 1.38. The van der Waals surface area contributed by atoms with Crippen molar-refractivity contribution >= 4 is 17.6 Å². The first-order chi connectivity index (χ1) is 7.54. The molecule has 1 rings (SSSR count). The second kappa shape index (κ2) is 5.65. The molecule has 0 bridgehead atoms. The van der Waals surface area contributed by atoms with E-state index in [9.17, 15) is 13.6 Å². The molecule has 0 saturated carbocycles. The number of esters is 1. The van der Waals surface area contributed by atoms with E-state index >= 15 is 0 Å². The molecule has 0 aliphatic rings. The lowest BCUT2D eigenvalue weighted by atomic mass is 10.1. The van der Waals surface area contributed by atoms with E-state index < -0.39 is 12.6 Å². The summed E-state index contributed by atoms with van der Waals surface area (Å²) in [5, 5.41) is 0.0294. The van der Waals surface area contributed by atoms with E-state index in [2.05, 4.69) is 9.47 Å². The Morgan fingerprint density at radius 3 is 2.75 bits per heavy atom. The summed E-state index contributed by atoms with van der Waals surface area (Å²) in [6, 6.07) is 4.42. The topological polar surface area (TPSA) is 35.5 Å². The third-order valence-corrected chi connectivity index (χ3v) is 2.12. The van der Waals surface area contributed by atoms with Crippen molar-refractivity contribution in [3.05, 3.63) is 28.8 Å². The van der Waals surface area contributed by atoms with Gasteiger partial charge in [-0.25, -0.2) is 0 Å². The van der Waals surface area contributed by atoms with Crippen LogP contribution in [0.4, 0.5) is 8.78 Å². The Labute approximate surface area is 95.9 Å². The van der Waals surface area contributed by atoms with Crippen molar-refractivity contribution in [2.75, 3.05) is 7.11 Å². The van der Waals surface area contributed by atoms with E-state index in [1.807, 2.05) is 0 Å². The van der Waals surface area contributed by atoms with Gasteiger partial charge < -0.3 is 9.47 Å². The predicted molar refractivity (Wildman–Crippen MR) is 53.8 cm³/mol. The van der Waals surface area contributed by atoms with Gasteiger partial charge in [0.1, 0.15) is 5.75 Å². The van der Waals surface area contributed by atoms with Crippen molar-refractivity contribution < 1.29 is 23.0 Å². The lowest BCUT2D eigenvalue weighted by Gasteiger charge is -2.11. The highest BCUT2D eigenvalue weighted by Crippen LogP contribution is 2.30. The number of carbonyl (C=O) groups is 1. The molecule has 0 unspecified atom stereocenters. The number of methoxy groups -OCH3 is 1. The van der Waals surface area contributed by atoms with Crippen LogP contribution in [0.3, 0.4) is 0 Å². The Bertz CT molecular complexity index is 382. The number of carbonyl (C=O) groups excluding carboxylic acids is 1. The van der Waals surface area contributed by atoms with E-state index in [0.717, 1.165) is 0 Å². The molecule has 0 amide bonds. The lowest BCUT2D eigenvalue weighted by Crippen LogP contribution is -2.09. The van der Waals surface area contributed by atoms with Crippen molar-refractivity contribution in [2.24, 2.45) is 0 Å². The highest BCUT2D eigenvalue weighted by Gasteiger charge is 2.15. The fraction of sp³-hybridized carbons (Fsp3) is 0.300. The van der Waals surface area contributed by atoms with Crippen LogP contribution in [-0.2, 0) is 16.0 Å². The fourth-order valence-electron chi connectivity index (χ4n) is 1.14. The number of ether oxygens (including phenoxy) is 2. The summed E-state index contributed by atoms with van der Waals surface area (Å²) in [6.07, 6.45) is -0.168. The Hall–Kier alpha value is -1.36. The van der Waals surface area contributed by atoms with Gasteiger partial charge >= 0.3 is 12.6 Å². The second-order valence-corrected chi connectivity index (χ2v) is 3.27. The molecule has 3 nitrogen and oxygen atoms in total. The van der Waals surface area contributed by atoms with Crippen LogP contribution in [-0.4, -0.2) is 19.7 Å². The number of halogens is 3. The molecule has 0 N–H and O–H groups in total. The average molecular weight is 251 g/mol. The first kappa shape index (κ1) is 12.7. The molecule has 0 aliphatic carbocycles. The van der Waals surface area contributed by atoms with Crippen LogP contribution in [0.15, 0.2) is 18.2 Å². The van der Waals surface area contributed by atoms with E-state index in [-0.39, 0.29) is 22.8 Å². The number of rotatable bonds is 4. The van der Waals surface area contributed by atoms with Gasteiger partial charge in [0.25, 0.3) is 0 Å². The van der Waals surface area contributed by atoms with E-state index in [1.54, 1.807) is 6.07 Å². The maximum Gasteiger partial charge on any atom is 0.387 e. The molecule has 0 radical (unpaired) electrons. The standard InChI is InChI=1S/C10H9ClF2O3/c1-15-8(14)5-6-3-2-4-7(11)9(6)16-10(12)13/h2-4,10H,5H2,1H3. The third-order valence-electron chi connectivity index (χ3n) is 1.82. The van der Waals surface area contributed by atoms with Crippen LogP contribution >= 0.6 is 11.6 Å². The second-order valence-electron chi connectivity index (χ2n) is 2.86. The molecule has 1 aromatic carbocycles. The quantitative estimate of drug-likeness (QED) is 0.771. The first-order valence-electron chi connectivity index (χ1n) is 4.33. The number of para-hydroxylation sites is 1. The van der Waals surface area contributed by atoms with Gasteiger partial charge in [0.15, 0.2) is 0 Å². The Kier molecular flexibility index (Phi) is 4.49. The van der Waals surface area contributed by atoms with Crippen LogP contribution in [0.1, 0.15) is 5.56 Å². The van der Waals surface area contributed by atoms with Crippen molar-refractivity contribution in [2.45, 2.75) is 13.0 Å². The third kappa shape index (κ3) is 3.34. The maximum absolute atomic E-state index is 12.1. The van der Waals surface area contributed by atoms with Crippen molar-refractivity contribution in [3.8, 4) is 5.75 Å². The van der Waals surface area contributed by atoms with Crippen molar-refractivity contribution in [3.63, 3.8) is 0 Å². The minimum Gasteiger partial charge on any atom is -0.469 e. The molecule has 88 valence electrons. The highest BCUT2D eigenvalue weighted by atomic mass is 35.5. The Balaban J connectivity index is 2.98. The van der Waals surface area contributed by atoms with Crippen LogP contribution in [0.2, 0.25) is 5.02 Å². The molecular weight excluding hydrogens is 242 g/mol. The van der Waals surface area contributed by atoms with Gasteiger partial charge in [-0.2, -0.15) is 8.78 Å². The average Bonchev–Trinajstić information content (AvgIpc) is 2.22. The van der Waals surface area contributed by atoms with Crippen molar-refractivity contribution in [1.29, 1.82) is 0 Å². The zero-order valence-electron chi connectivity index (χ0n) is 8.38. The zero-order chi connectivity index (χ0) is 12.1. The summed E-state index contributed by atoms with van der Waals surface area (Å²) in [5.74, 6) is -0.744. The SMILES string of the molecule is COC(=O)Cc1cccc(Cl)c1OC(F)F. The molecule has 0 fully saturated rings. The smallest absolute Gasteiger partial charge is 0.387 e. The Morgan fingerprint density at radius 2 is 2.19 bits per heavy atom. The number of benzene rings is 1. The van der Waals surface area contributed by atoms with Gasteiger partial charge in [-0.1, -0.05) is 23.7 Å². The molecule has 1 aromatic rings. The Morgan fingerprint density at radius 1 is 1.50 bits per heavy atom. The monoisotopic (exact) mass is 250 g/mol. The molecule has 0 atom stereocenters. The molecular formula is C10H9ClF2O3. The summed E-state index contributed by atoms with van der Waals surface area (Å²) in [6.45, 7) is -2.99. The normalized spacial score (nSPS) is 10.3. The van der Waals surface area contributed by atoms with Crippen molar-refractivity contribution in [1.82, 2.24) is 0 Å². The predicted octanol–water partition coefficient (Wildman–Crippen LogP) is 2.66. The number of hydrogen-bond acceptors (Lipinski definition) is 3. The van der Waals surface area contributed by atoms with E-state index in [1.165, 1.54) is 19.2 Å². The van der Waals surface area contributed by atoms with E-state index in [0.29, 0.717) is 0 Å². The molecule has 0 spiro atoms. The minimum absolute atomic E-state index is 0.0294. The lowest BCUT2D eigenvalue weighted by molar-refractivity contribution is -0.139. The van der Waals surface area contributed by atoms with Gasteiger partial charge in [0.2, 0.25) is 0 Å². The van der Waals surface area contributed by atoms with Gasteiger partial charge in [0.05, 0.1) is 18.6 Å². The number of alkyl halides is 2. The van der Waals surface area contributed by atoms with Gasteiger partial charge in [-0.3, -0.25) is 4.79 Å². The summed E-state index contributed by atoms with van der Waals surface area (Å²) < 4.78 is 32.9. The van der Waals surface area contributed by atoms with Crippen LogP contribution < -0.4 is 4.74 Å². The first-order valence-corrected chi connectivity index (χ1v) is 4.71. The van der Waals surface area contributed by atoms with E-state index in [4.69, 9.17) is 11.6 Å².